The van der Waals surface area contributed by atoms with Gasteiger partial charge in [-0.1, -0.05) is 43.3 Å². The average molecular weight is 348 g/mol. The van der Waals surface area contributed by atoms with E-state index in [1.165, 1.54) is 6.20 Å². The number of nitrogens with one attached hydrogen (secondary N) is 2. The second kappa shape index (κ2) is 8.11. The van der Waals surface area contributed by atoms with E-state index >= 15 is 0 Å². The summed E-state index contributed by atoms with van der Waals surface area (Å²) in [5, 5.41) is 9.62. The lowest BCUT2D eigenvalue weighted by atomic mass is 10.1. The van der Waals surface area contributed by atoms with Gasteiger partial charge in [-0.25, -0.2) is 4.68 Å². The quantitative estimate of drug-likeness (QED) is 0.719. The highest BCUT2D eigenvalue weighted by atomic mass is 16.2. The van der Waals surface area contributed by atoms with Crippen molar-refractivity contribution in [3.63, 3.8) is 0 Å². The standard InChI is InChI=1S/C20H20N4O2/c1-2-15-8-6-7-11-18(15)23-19(25)13-21-20(26)16-12-22-24(14-16)17-9-4-3-5-10-17/h3-12,14H,2,13H2,1H3,(H,21,26)(H,23,25). The Kier molecular flexibility index (Phi) is 5.43. The summed E-state index contributed by atoms with van der Waals surface area (Å²) in [6.07, 6.45) is 3.93. The zero-order valence-electron chi connectivity index (χ0n) is 14.5. The molecule has 132 valence electrons. The molecule has 0 aliphatic heterocycles. The fraction of sp³-hybridized carbons (Fsp3) is 0.150. The average Bonchev–Trinajstić information content (AvgIpc) is 3.17. The SMILES string of the molecule is CCc1ccccc1NC(=O)CNC(=O)c1cnn(-c2ccccc2)c1. The number of benzene rings is 2. The predicted octanol–water partition coefficient (Wildman–Crippen LogP) is 2.80. The summed E-state index contributed by atoms with van der Waals surface area (Å²) < 4.78 is 1.62. The van der Waals surface area contributed by atoms with Crippen LogP contribution in [0.4, 0.5) is 5.69 Å². The molecule has 26 heavy (non-hydrogen) atoms. The van der Waals surface area contributed by atoms with Crippen LogP contribution >= 0.6 is 0 Å². The van der Waals surface area contributed by atoms with Crippen molar-refractivity contribution in [1.29, 1.82) is 0 Å². The van der Waals surface area contributed by atoms with E-state index in [-0.39, 0.29) is 18.4 Å². The molecule has 2 amide bonds. The second-order valence-corrected chi connectivity index (χ2v) is 5.75. The van der Waals surface area contributed by atoms with Crippen LogP contribution in [-0.4, -0.2) is 28.1 Å². The van der Waals surface area contributed by atoms with Gasteiger partial charge in [-0.3, -0.25) is 9.59 Å². The lowest BCUT2D eigenvalue weighted by Gasteiger charge is -2.10. The first-order valence-electron chi connectivity index (χ1n) is 8.43. The number of amides is 2. The first kappa shape index (κ1) is 17.4. The molecule has 2 N–H and O–H groups in total. The highest BCUT2D eigenvalue weighted by Crippen LogP contribution is 2.15. The highest BCUT2D eigenvalue weighted by Gasteiger charge is 2.12. The lowest BCUT2D eigenvalue weighted by molar-refractivity contribution is -0.115. The minimum atomic E-state index is -0.342. The van der Waals surface area contributed by atoms with Crippen LogP contribution in [0.3, 0.4) is 0 Å². The van der Waals surface area contributed by atoms with E-state index in [4.69, 9.17) is 0 Å². The number of para-hydroxylation sites is 2. The summed E-state index contributed by atoms with van der Waals surface area (Å²) in [5.41, 5.74) is 3.08. The Morgan fingerprint density at radius 2 is 1.77 bits per heavy atom. The van der Waals surface area contributed by atoms with Crippen LogP contribution in [0.25, 0.3) is 5.69 Å². The van der Waals surface area contributed by atoms with Crippen molar-refractivity contribution in [2.75, 3.05) is 11.9 Å². The normalized spacial score (nSPS) is 10.3. The third kappa shape index (κ3) is 4.16. The summed E-state index contributed by atoms with van der Waals surface area (Å²) in [6, 6.07) is 17.1. The largest absolute Gasteiger partial charge is 0.343 e. The molecule has 0 radical (unpaired) electrons. The number of aromatic nitrogens is 2. The Morgan fingerprint density at radius 3 is 2.54 bits per heavy atom. The Hall–Kier alpha value is -3.41. The Balaban J connectivity index is 1.57. The number of carbonyl (C=O) groups is 2. The molecular weight excluding hydrogens is 328 g/mol. The number of anilines is 1. The molecular formula is C20H20N4O2. The number of carbonyl (C=O) groups excluding carboxylic acids is 2. The van der Waals surface area contributed by atoms with E-state index in [2.05, 4.69) is 15.7 Å². The van der Waals surface area contributed by atoms with E-state index in [1.807, 2.05) is 61.5 Å². The summed E-state index contributed by atoms with van der Waals surface area (Å²) >= 11 is 0. The van der Waals surface area contributed by atoms with Crippen molar-refractivity contribution >= 4 is 17.5 Å². The number of hydrogen-bond acceptors (Lipinski definition) is 3. The fourth-order valence-corrected chi connectivity index (χ4v) is 2.57. The van der Waals surface area contributed by atoms with Gasteiger partial charge in [0.05, 0.1) is 24.0 Å². The first-order chi connectivity index (χ1) is 12.7. The van der Waals surface area contributed by atoms with E-state index in [0.29, 0.717) is 5.56 Å². The molecule has 0 saturated carbocycles. The molecule has 0 saturated heterocycles. The maximum Gasteiger partial charge on any atom is 0.254 e. The number of hydrogen-bond donors (Lipinski definition) is 2. The van der Waals surface area contributed by atoms with Crippen LogP contribution in [0.2, 0.25) is 0 Å². The Morgan fingerprint density at radius 1 is 1.04 bits per heavy atom. The molecule has 0 spiro atoms. The lowest BCUT2D eigenvalue weighted by Crippen LogP contribution is -2.32. The van der Waals surface area contributed by atoms with E-state index in [0.717, 1.165) is 23.4 Å². The molecule has 3 rings (SSSR count). The first-order valence-corrected chi connectivity index (χ1v) is 8.43. The van der Waals surface area contributed by atoms with Crippen molar-refractivity contribution in [3.05, 3.63) is 78.1 Å². The van der Waals surface area contributed by atoms with Gasteiger partial charge in [0.2, 0.25) is 5.91 Å². The van der Waals surface area contributed by atoms with Gasteiger partial charge in [0.1, 0.15) is 0 Å². The van der Waals surface area contributed by atoms with Crippen molar-refractivity contribution in [2.45, 2.75) is 13.3 Å². The summed E-state index contributed by atoms with van der Waals surface area (Å²) in [6.45, 7) is 1.92. The van der Waals surface area contributed by atoms with Crippen LogP contribution in [0.1, 0.15) is 22.8 Å². The van der Waals surface area contributed by atoms with Gasteiger partial charge in [0.15, 0.2) is 0 Å². The van der Waals surface area contributed by atoms with E-state index in [1.54, 1.807) is 10.9 Å². The van der Waals surface area contributed by atoms with Crippen molar-refractivity contribution in [2.24, 2.45) is 0 Å². The van der Waals surface area contributed by atoms with Gasteiger partial charge in [-0.2, -0.15) is 5.10 Å². The number of aryl methyl sites for hydroxylation is 1. The van der Waals surface area contributed by atoms with Crippen LogP contribution in [0.15, 0.2) is 67.0 Å². The van der Waals surface area contributed by atoms with Crippen molar-refractivity contribution < 1.29 is 9.59 Å². The molecule has 6 heteroatoms. The van der Waals surface area contributed by atoms with Gasteiger partial charge in [0.25, 0.3) is 5.91 Å². The number of nitrogens with zero attached hydrogens (tertiary/aromatic N) is 2. The molecule has 0 aliphatic rings. The smallest absolute Gasteiger partial charge is 0.254 e. The molecule has 2 aromatic carbocycles. The predicted molar refractivity (Wildman–Crippen MR) is 100 cm³/mol. The summed E-state index contributed by atoms with van der Waals surface area (Å²) in [7, 11) is 0. The topological polar surface area (TPSA) is 76.0 Å². The van der Waals surface area contributed by atoms with Gasteiger partial charge < -0.3 is 10.6 Å². The third-order valence-electron chi connectivity index (χ3n) is 3.95. The molecule has 1 heterocycles. The van der Waals surface area contributed by atoms with Crippen molar-refractivity contribution in [3.8, 4) is 5.69 Å². The molecule has 3 aromatic rings. The third-order valence-corrected chi connectivity index (χ3v) is 3.95. The summed E-state index contributed by atoms with van der Waals surface area (Å²) in [5.74, 6) is -0.610. The second-order valence-electron chi connectivity index (χ2n) is 5.75. The van der Waals surface area contributed by atoms with Gasteiger partial charge in [-0.15, -0.1) is 0 Å². The minimum Gasteiger partial charge on any atom is -0.343 e. The van der Waals surface area contributed by atoms with Gasteiger partial charge in [0, 0.05) is 11.9 Å². The van der Waals surface area contributed by atoms with E-state index < -0.39 is 0 Å². The van der Waals surface area contributed by atoms with E-state index in [9.17, 15) is 9.59 Å². The monoisotopic (exact) mass is 348 g/mol. The van der Waals surface area contributed by atoms with Gasteiger partial charge in [-0.05, 0) is 30.2 Å². The molecule has 6 nitrogen and oxygen atoms in total. The maximum absolute atomic E-state index is 12.2. The van der Waals surface area contributed by atoms with Crippen LogP contribution in [0.5, 0.6) is 0 Å². The van der Waals surface area contributed by atoms with Crippen LogP contribution in [-0.2, 0) is 11.2 Å². The van der Waals surface area contributed by atoms with Gasteiger partial charge >= 0.3 is 0 Å². The molecule has 0 aliphatic carbocycles. The summed E-state index contributed by atoms with van der Waals surface area (Å²) in [4.78, 5) is 24.3. The molecule has 0 bridgehead atoms. The van der Waals surface area contributed by atoms with Crippen LogP contribution in [0, 0.1) is 0 Å². The fourth-order valence-electron chi connectivity index (χ4n) is 2.57. The molecule has 0 fully saturated rings. The van der Waals surface area contributed by atoms with Crippen molar-refractivity contribution in [1.82, 2.24) is 15.1 Å². The molecule has 0 atom stereocenters. The number of rotatable bonds is 6. The minimum absolute atomic E-state index is 0.104. The molecule has 0 unspecified atom stereocenters. The molecule has 1 aromatic heterocycles. The maximum atomic E-state index is 12.2. The Bertz CT molecular complexity index is 903. The Labute approximate surface area is 151 Å². The van der Waals surface area contributed by atoms with Crippen LogP contribution < -0.4 is 10.6 Å². The highest BCUT2D eigenvalue weighted by molar-refractivity contribution is 5.99. The zero-order valence-corrected chi connectivity index (χ0v) is 14.5. The zero-order chi connectivity index (χ0) is 18.4.